The monoisotopic (exact) mass is 246 g/mol. The fourth-order valence-corrected chi connectivity index (χ4v) is 1.17. The summed E-state index contributed by atoms with van der Waals surface area (Å²) in [7, 11) is 0. The highest BCUT2D eigenvalue weighted by Gasteiger charge is 2.11. The molecular weight excluding hydrogens is 236 g/mol. The van der Waals surface area contributed by atoms with Gasteiger partial charge in [0.15, 0.2) is 0 Å². The maximum atomic E-state index is 10.5. The summed E-state index contributed by atoms with van der Waals surface area (Å²) in [5.74, 6) is -0.0738. The zero-order chi connectivity index (χ0) is 12.1. The predicted octanol–water partition coefficient (Wildman–Crippen LogP) is 1.31. The second kappa shape index (κ2) is 5.53. The zero-order valence-electron chi connectivity index (χ0n) is 8.26. The van der Waals surface area contributed by atoms with Crippen molar-refractivity contribution >= 4 is 23.0 Å². The quantitative estimate of drug-likeness (QED) is 0.315. The first-order chi connectivity index (χ1) is 7.54. The lowest BCUT2D eigenvalue weighted by atomic mass is 10.2. The van der Waals surface area contributed by atoms with Gasteiger partial charge >= 0.3 is 0 Å². The summed E-state index contributed by atoms with van der Waals surface area (Å²) in [6.45, 7) is 0.109. The number of aliphatic hydroxyl groups excluding tert-OH is 1. The maximum Gasteiger partial charge on any atom is 0.271 e. The molecule has 0 bridgehead atoms. The van der Waals surface area contributed by atoms with Crippen molar-refractivity contribution in [2.75, 3.05) is 17.7 Å². The van der Waals surface area contributed by atoms with Crippen molar-refractivity contribution in [2.45, 2.75) is 6.10 Å². The van der Waals surface area contributed by atoms with Crippen LogP contribution in [0.5, 0.6) is 5.75 Å². The van der Waals surface area contributed by atoms with E-state index in [1.54, 1.807) is 0 Å². The van der Waals surface area contributed by atoms with E-state index >= 15 is 0 Å². The Kier molecular flexibility index (Phi) is 4.33. The van der Waals surface area contributed by atoms with Crippen molar-refractivity contribution in [3.05, 3.63) is 28.3 Å². The summed E-state index contributed by atoms with van der Waals surface area (Å²) < 4.78 is 0. The molecular formula is C9H11ClN2O4. The van der Waals surface area contributed by atoms with Gasteiger partial charge in [-0.25, -0.2) is 0 Å². The molecule has 0 saturated heterocycles. The highest BCUT2D eigenvalue weighted by molar-refractivity contribution is 6.18. The second-order valence-electron chi connectivity index (χ2n) is 3.15. The Morgan fingerprint density at radius 2 is 2.25 bits per heavy atom. The van der Waals surface area contributed by atoms with E-state index in [0.29, 0.717) is 0 Å². The smallest absolute Gasteiger partial charge is 0.271 e. The van der Waals surface area contributed by atoms with Crippen molar-refractivity contribution in [1.82, 2.24) is 0 Å². The molecule has 0 aromatic heterocycles. The van der Waals surface area contributed by atoms with Crippen LogP contribution in [0.1, 0.15) is 0 Å². The van der Waals surface area contributed by atoms with Gasteiger partial charge in [0, 0.05) is 18.7 Å². The van der Waals surface area contributed by atoms with E-state index in [2.05, 4.69) is 5.32 Å². The lowest BCUT2D eigenvalue weighted by Crippen LogP contribution is -2.20. The lowest BCUT2D eigenvalue weighted by molar-refractivity contribution is -0.384. The van der Waals surface area contributed by atoms with E-state index in [1.807, 2.05) is 0 Å². The maximum absolute atomic E-state index is 10.5. The van der Waals surface area contributed by atoms with Gasteiger partial charge in [-0.3, -0.25) is 10.1 Å². The molecule has 1 rings (SSSR count). The number of aliphatic hydroxyl groups is 1. The summed E-state index contributed by atoms with van der Waals surface area (Å²) in [6, 6.07) is 3.60. The number of nitro groups is 1. The van der Waals surface area contributed by atoms with Crippen molar-refractivity contribution in [3.8, 4) is 5.75 Å². The summed E-state index contributed by atoms with van der Waals surface area (Å²) >= 11 is 5.38. The summed E-state index contributed by atoms with van der Waals surface area (Å²) in [6.07, 6.45) is -0.777. The Morgan fingerprint density at radius 1 is 1.56 bits per heavy atom. The third-order valence-electron chi connectivity index (χ3n) is 1.90. The fourth-order valence-electron chi connectivity index (χ4n) is 1.06. The first-order valence-corrected chi connectivity index (χ1v) is 5.03. The van der Waals surface area contributed by atoms with Gasteiger partial charge in [-0.1, -0.05) is 0 Å². The molecule has 16 heavy (non-hydrogen) atoms. The van der Waals surface area contributed by atoms with Gasteiger partial charge in [-0.2, -0.15) is 0 Å². The van der Waals surface area contributed by atoms with Crippen LogP contribution in [0.25, 0.3) is 0 Å². The number of phenolic OH excluding ortho intramolecular Hbond substituents is 1. The van der Waals surface area contributed by atoms with Gasteiger partial charge in [-0.05, 0) is 6.07 Å². The minimum absolute atomic E-state index is 0.0443. The molecule has 6 nitrogen and oxygen atoms in total. The third-order valence-corrected chi connectivity index (χ3v) is 2.25. The molecule has 0 amide bonds. The highest BCUT2D eigenvalue weighted by Crippen LogP contribution is 2.27. The number of halogens is 1. The molecule has 1 aromatic rings. The number of aromatic hydroxyl groups is 1. The van der Waals surface area contributed by atoms with Crippen LogP contribution in [0.4, 0.5) is 11.4 Å². The average molecular weight is 247 g/mol. The summed E-state index contributed by atoms with van der Waals surface area (Å²) in [4.78, 5) is 9.92. The van der Waals surface area contributed by atoms with Gasteiger partial charge in [0.25, 0.3) is 5.69 Å². The lowest BCUT2D eigenvalue weighted by Gasteiger charge is -2.10. The highest BCUT2D eigenvalue weighted by atomic mass is 35.5. The minimum atomic E-state index is -0.777. The number of rotatable bonds is 5. The largest absolute Gasteiger partial charge is 0.506 e. The van der Waals surface area contributed by atoms with Gasteiger partial charge in [0.05, 0.1) is 22.6 Å². The van der Waals surface area contributed by atoms with E-state index in [9.17, 15) is 20.3 Å². The summed E-state index contributed by atoms with van der Waals surface area (Å²) in [5, 5.41) is 31.7. The molecule has 1 aromatic carbocycles. The number of phenols is 1. The van der Waals surface area contributed by atoms with Crippen molar-refractivity contribution in [3.63, 3.8) is 0 Å². The standard InChI is InChI=1S/C9H11ClN2O4/c10-4-7(13)5-11-8-3-6(12(15)16)1-2-9(8)14/h1-3,7,11,13-14H,4-5H2. The molecule has 0 spiro atoms. The Labute approximate surface area is 96.6 Å². The molecule has 3 N–H and O–H groups in total. The molecule has 0 saturated carbocycles. The van der Waals surface area contributed by atoms with E-state index in [1.165, 1.54) is 18.2 Å². The molecule has 0 aliphatic heterocycles. The number of nitrogens with zero attached hydrogens (tertiary/aromatic N) is 1. The number of benzene rings is 1. The van der Waals surface area contributed by atoms with E-state index in [0.717, 1.165) is 0 Å². The van der Waals surface area contributed by atoms with E-state index in [-0.39, 0.29) is 29.5 Å². The molecule has 1 atom stereocenters. The molecule has 0 radical (unpaired) electrons. The van der Waals surface area contributed by atoms with Gasteiger partial charge < -0.3 is 15.5 Å². The van der Waals surface area contributed by atoms with Crippen molar-refractivity contribution in [2.24, 2.45) is 0 Å². The Bertz CT molecular complexity index is 386. The zero-order valence-corrected chi connectivity index (χ0v) is 9.02. The average Bonchev–Trinajstić information content (AvgIpc) is 2.27. The fraction of sp³-hybridized carbons (Fsp3) is 0.333. The van der Waals surface area contributed by atoms with Gasteiger partial charge in [0.2, 0.25) is 0 Å². The number of hydrogen-bond donors (Lipinski definition) is 3. The topological polar surface area (TPSA) is 95.6 Å². The predicted molar refractivity (Wildman–Crippen MR) is 60.0 cm³/mol. The van der Waals surface area contributed by atoms with Crippen LogP contribution in [0.2, 0.25) is 0 Å². The normalized spacial score (nSPS) is 12.1. The number of non-ortho nitro benzene ring substituents is 1. The van der Waals surface area contributed by atoms with Crippen molar-refractivity contribution in [1.29, 1.82) is 0 Å². The van der Waals surface area contributed by atoms with Gasteiger partial charge in [-0.15, -0.1) is 11.6 Å². The second-order valence-corrected chi connectivity index (χ2v) is 3.46. The van der Waals surface area contributed by atoms with Crippen molar-refractivity contribution < 1.29 is 15.1 Å². The minimum Gasteiger partial charge on any atom is -0.506 e. The first kappa shape index (κ1) is 12.5. The van der Waals surface area contributed by atoms with Crippen LogP contribution >= 0.6 is 11.6 Å². The van der Waals surface area contributed by atoms with E-state index < -0.39 is 11.0 Å². The van der Waals surface area contributed by atoms with Gasteiger partial charge in [0.1, 0.15) is 5.75 Å². The van der Waals surface area contributed by atoms with Crippen LogP contribution in [0.3, 0.4) is 0 Å². The molecule has 0 aliphatic rings. The SMILES string of the molecule is O=[N+]([O-])c1ccc(O)c(NCC(O)CCl)c1. The van der Waals surface area contributed by atoms with Crippen LogP contribution in [-0.4, -0.2) is 33.7 Å². The van der Waals surface area contributed by atoms with Crippen LogP contribution in [0, 0.1) is 10.1 Å². The molecule has 88 valence electrons. The van der Waals surface area contributed by atoms with Crippen LogP contribution < -0.4 is 5.32 Å². The van der Waals surface area contributed by atoms with E-state index in [4.69, 9.17) is 11.6 Å². The molecule has 7 heteroatoms. The number of anilines is 1. The number of nitro benzene ring substituents is 1. The third kappa shape index (κ3) is 3.25. The Hall–Kier alpha value is -1.53. The molecule has 0 aliphatic carbocycles. The van der Waals surface area contributed by atoms with Crippen LogP contribution in [0.15, 0.2) is 18.2 Å². The number of alkyl halides is 1. The molecule has 0 heterocycles. The molecule has 0 fully saturated rings. The Morgan fingerprint density at radius 3 is 2.81 bits per heavy atom. The summed E-state index contributed by atoms with van der Waals surface area (Å²) in [5.41, 5.74) is 0.0547. The van der Waals surface area contributed by atoms with Crippen LogP contribution in [-0.2, 0) is 0 Å². The first-order valence-electron chi connectivity index (χ1n) is 4.50. The number of hydrogen-bond acceptors (Lipinski definition) is 5. The molecule has 1 unspecified atom stereocenters. The number of nitrogens with one attached hydrogen (secondary N) is 1. The Balaban J connectivity index is 2.78.